The summed E-state index contributed by atoms with van der Waals surface area (Å²) in [6.07, 6.45) is 1.59. The number of carbonyl (C=O) groups excluding carboxylic acids is 1. The van der Waals surface area contributed by atoms with E-state index < -0.39 is 0 Å². The van der Waals surface area contributed by atoms with Gasteiger partial charge in [0.1, 0.15) is 23.0 Å². The number of hydrogen-bond donors (Lipinski definition) is 1. The Kier molecular flexibility index (Phi) is 6.33. The summed E-state index contributed by atoms with van der Waals surface area (Å²) in [6, 6.07) is 17.5. The summed E-state index contributed by atoms with van der Waals surface area (Å²) in [5, 5.41) is 22.2. The average molecular weight is 401 g/mol. The first-order chi connectivity index (χ1) is 14.0. The van der Waals surface area contributed by atoms with Crippen LogP contribution in [-0.2, 0) is 11.3 Å². The molecule has 2 heterocycles. The van der Waals surface area contributed by atoms with E-state index in [4.69, 9.17) is 5.26 Å². The number of benzene rings is 1. The lowest BCUT2D eigenvalue weighted by Crippen LogP contribution is -2.18. The summed E-state index contributed by atoms with van der Waals surface area (Å²) in [7, 11) is 0. The molecule has 1 amide bonds. The van der Waals surface area contributed by atoms with Crippen molar-refractivity contribution in [3.63, 3.8) is 0 Å². The van der Waals surface area contributed by atoms with E-state index in [1.54, 1.807) is 18.3 Å². The Bertz CT molecular complexity index is 1120. The molecule has 0 saturated heterocycles. The van der Waals surface area contributed by atoms with Gasteiger partial charge in [-0.1, -0.05) is 42.1 Å². The summed E-state index contributed by atoms with van der Waals surface area (Å²) in [4.78, 5) is 16.8. The van der Waals surface area contributed by atoms with Gasteiger partial charge in [-0.2, -0.15) is 10.5 Å². The van der Waals surface area contributed by atoms with E-state index in [0.717, 1.165) is 16.8 Å². The minimum Gasteiger partial charge on any atom is -0.326 e. The zero-order valence-electron chi connectivity index (χ0n) is 16.1. The van der Waals surface area contributed by atoms with Gasteiger partial charge in [-0.15, -0.1) is 0 Å². The van der Waals surface area contributed by atoms with Crippen LogP contribution in [0, 0.1) is 36.5 Å². The number of anilines is 1. The molecule has 7 heteroatoms. The van der Waals surface area contributed by atoms with Crippen molar-refractivity contribution in [2.45, 2.75) is 25.4 Å². The Morgan fingerprint density at radius 3 is 2.59 bits per heavy atom. The van der Waals surface area contributed by atoms with Gasteiger partial charge in [-0.3, -0.25) is 4.79 Å². The molecule has 6 nitrogen and oxygen atoms in total. The Labute approximate surface area is 173 Å². The number of nitrogens with one attached hydrogen (secondary N) is 1. The van der Waals surface area contributed by atoms with Crippen LogP contribution in [0.3, 0.4) is 0 Å². The molecule has 0 bridgehead atoms. The number of hydrogen-bond acceptors (Lipinski definition) is 5. The molecular formula is C22H19N5OS. The molecular weight excluding hydrogens is 382 g/mol. The Morgan fingerprint density at radius 1 is 1.14 bits per heavy atom. The van der Waals surface area contributed by atoms with Crippen molar-refractivity contribution in [2.24, 2.45) is 0 Å². The second-order valence-electron chi connectivity index (χ2n) is 6.42. The number of carbonyl (C=O) groups is 1. The summed E-state index contributed by atoms with van der Waals surface area (Å²) in [5.74, 6) is 0.330. The van der Waals surface area contributed by atoms with E-state index in [1.807, 2.05) is 48.7 Å². The Hall–Kier alpha value is -3.55. The number of aromatic nitrogens is 2. The van der Waals surface area contributed by atoms with Gasteiger partial charge < -0.3 is 9.88 Å². The maximum Gasteiger partial charge on any atom is 0.235 e. The predicted molar refractivity (Wildman–Crippen MR) is 112 cm³/mol. The molecule has 0 aliphatic heterocycles. The maximum absolute atomic E-state index is 12.6. The number of rotatable bonds is 6. The minimum atomic E-state index is -0.257. The Balaban J connectivity index is 1.82. The molecule has 144 valence electrons. The van der Waals surface area contributed by atoms with Crippen LogP contribution in [0.25, 0.3) is 0 Å². The van der Waals surface area contributed by atoms with Gasteiger partial charge in [0.15, 0.2) is 0 Å². The van der Waals surface area contributed by atoms with Crippen molar-refractivity contribution in [3.05, 3.63) is 76.6 Å². The first-order valence-electron chi connectivity index (χ1n) is 8.96. The maximum atomic E-state index is 12.6. The van der Waals surface area contributed by atoms with E-state index in [9.17, 15) is 10.1 Å². The molecule has 0 saturated carbocycles. The molecule has 1 N–H and O–H groups in total. The van der Waals surface area contributed by atoms with Crippen LogP contribution in [0.1, 0.15) is 27.9 Å². The lowest BCUT2D eigenvalue weighted by molar-refractivity contribution is -0.113. The summed E-state index contributed by atoms with van der Waals surface area (Å²) >= 11 is 1.20. The highest BCUT2D eigenvalue weighted by atomic mass is 32.2. The summed E-state index contributed by atoms with van der Waals surface area (Å²) in [6.45, 7) is 4.38. The molecule has 0 radical (unpaired) electrons. The number of nitrogens with zero attached hydrogens (tertiary/aromatic N) is 4. The first-order valence-corrected chi connectivity index (χ1v) is 9.95. The highest BCUT2D eigenvalue weighted by Gasteiger charge is 2.20. The smallest absolute Gasteiger partial charge is 0.235 e. The van der Waals surface area contributed by atoms with Crippen molar-refractivity contribution in [3.8, 4) is 12.1 Å². The summed E-state index contributed by atoms with van der Waals surface area (Å²) in [5.41, 5.74) is 3.76. The second kappa shape index (κ2) is 9.09. The third-order valence-electron chi connectivity index (χ3n) is 4.61. The molecule has 0 aliphatic rings. The number of pyridine rings is 1. The highest BCUT2D eigenvalue weighted by Crippen LogP contribution is 2.28. The van der Waals surface area contributed by atoms with Gasteiger partial charge in [-0.05, 0) is 37.1 Å². The molecule has 0 unspecified atom stereocenters. The van der Waals surface area contributed by atoms with E-state index >= 15 is 0 Å². The van der Waals surface area contributed by atoms with Crippen LogP contribution < -0.4 is 5.32 Å². The van der Waals surface area contributed by atoms with Crippen LogP contribution in [0.2, 0.25) is 0 Å². The fourth-order valence-electron chi connectivity index (χ4n) is 2.99. The molecule has 1 aromatic carbocycles. The van der Waals surface area contributed by atoms with Crippen LogP contribution in [0.15, 0.2) is 53.7 Å². The Morgan fingerprint density at radius 2 is 1.90 bits per heavy atom. The van der Waals surface area contributed by atoms with Gasteiger partial charge in [0.05, 0.1) is 16.9 Å². The summed E-state index contributed by atoms with van der Waals surface area (Å²) < 4.78 is 1.95. The quantitative estimate of drug-likeness (QED) is 0.630. The number of thioether (sulfide) groups is 1. The number of amides is 1. The molecule has 3 aromatic rings. The minimum absolute atomic E-state index is 0.0885. The van der Waals surface area contributed by atoms with Crippen LogP contribution >= 0.6 is 11.8 Å². The molecule has 29 heavy (non-hydrogen) atoms. The van der Waals surface area contributed by atoms with Crippen molar-refractivity contribution in [1.82, 2.24) is 9.55 Å². The zero-order valence-corrected chi connectivity index (χ0v) is 17.0. The van der Waals surface area contributed by atoms with Crippen LogP contribution in [-0.4, -0.2) is 21.2 Å². The fourth-order valence-corrected chi connectivity index (χ4v) is 3.73. The van der Waals surface area contributed by atoms with Crippen LogP contribution in [0.5, 0.6) is 0 Å². The molecule has 0 spiro atoms. The molecule has 0 atom stereocenters. The predicted octanol–water partition coefficient (Wildman–Crippen LogP) is 4.02. The van der Waals surface area contributed by atoms with Gasteiger partial charge >= 0.3 is 0 Å². The average Bonchev–Trinajstić information content (AvgIpc) is 2.97. The van der Waals surface area contributed by atoms with E-state index in [1.165, 1.54) is 11.8 Å². The highest BCUT2D eigenvalue weighted by molar-refractivity contribution is 8.00. The largest absolute Gasteiger partial charge is 0.326 e. The van der Waals surface area contributed by atoms with Gasteiger partial charge in [-0.25, -0.2) is 4.98 Å². The van der Waals surface area contributed by atoms with E-state index in [0.29, 0.717) is 28.5 Å². The van der Waals surface area contributed by atoms with Gasteiger partial charge in [0, 0.05) is 18.4 Å². The van der Waals surface area contributed by atoms with Crippen LogP contribution in [0.4, 0.5) is 5.82 Å². The topological polar surface area (TPSA) is 94.5 Å². The lowest BCUT2D eigenvalue weighted by atomic mass is 10.2. The van der Waals surface area contributed by atoms with Crippen molar-refractivity contribution < 1.29 is 4.79 Å². The van der Waals surface area contributed by atoms with Gasteiger partial charge in [0.25, 0.3) is 0 Å². The second-order valence-corrected chi connectivity index (χ2v) is 7.39. The standard InChI is InChI=1S/C22H19N5OS/c1-15-16(2)27(13-17-7-4-3-5-8-17)21(19(15)12-24)26-20(28)14-29-22-18(11-23)9-6-10-25-22/h3-10H,13-14H2,1-2H3,(H,26,28). The lowest BCUT2D eigenvalue weighted by Gasteiger charge is -2.13. The zero-order chi connectivity index (χ0) is 20.8. The third kappa shape index (κ3) is 4.48. The molecule has 0 aliphatic carbocycles. The molecule has 3 rings (SSSR count). The third-order valence-corrected chi connectivity index (χ3v) is 5.62. The molecule has 0 fully saturated rings. The van der Waals surface area contributed by atoms with Crippen molar-refractivity contribution in [2.75, 3.05) is 11.1 Å². The number of nitriles is 2. The van der Waals surface area contributed by atoms with E-state index in [-0.39, 0.29) is 11.7 Å². The normalized spacial score (nSPS) is 10.2. The SMILES string of the molecule is Cc1c(C#N)c(NC(=O)CSc2ncccc2C#N)n(Cc2ccccc2)c1C. The van der Waals surface area contributed by atoms with Gasteiger partial charge in [0.2, 0.25) is 5.91 Å². The monoisotopic (exact) mass is 401 g/mol. The van der Waals surface area contributed by atoms with E-state index in [2.05, 4.69) is 22.4 Å². The first kappa shape index (κ1) is 20.2. The molecule has 2 aromatic heterocycles. The van der Waals surface area contributed by atoms with Crippen molar-refractivity contribution in [1.29, 1.82) is 10.5 Å². The fraction of sp³-hybridized carbons (Fsp3) is 0.182. The van der Waals surface area contributed by atoms with Crippen molar-refractivity contribution >= 4 is 23.5 Å².